The first kappa shape index (κ1) is 21.8. The van der Waals surface area contributed by atoms with E-state index in [0.717, 1.165) is 23.2 Å². The van der Waals surface area contributed by atoms with Crippen LogP contribution < -0.4 is 16.0 Å². The van der Waals surface area contributed by atoms with Crippen molar-refractivity contribution in [2.75, 3.05) is 10.6 Å². The summed E-state index contributed by atoms with van der Waals surface area (Å²) in [5.74, 6) is -0.452. The second-order valence-electron chi connectivity index (χ2n) is 7.14. The third-order valence-corrected chi connectivity index (χ3v) is 4.66. The first-order valence-electron chi connectivity index (χ1n) is 10.1. The van der Waals surface area contributed by atoms with Crippen LogP contribution in [0.4, 0.5) is 11.4 Å². The van der Waals surface area contributed by atoms with Crippen LogP contribution in [0.5, 0.6) is 0 Å². The fourth-order valence-corrected chi connectivity index (χ4v) is 2.93. The quantitative estimate of drug-likeness (QED) is 0.500. The number of hydrogen-bond acceptors (Lipinski definition) is 4. The van der Waals surface area contributed by atoms with E-state index in [0.29, 0.717) is 24.2 Å². The molecule has 0 atom stereocenters. The average Bonchev–Trinajstić information content (AvgIpc) is 3.30. The van der Waals surface area contributed by atoms with Crippen LogP contribution in [0, 0.1) is 6.92 Å². The maximum atomic E-state index is 12.6. The third-order valence-electron chi connectivity index (χ3n) is 4.66. The molecule has 0 radical (unpaired) electrons. The van der Waals surface area contributed by atoms with Gasteiger partial charge in [0.2, 0.25) is 5.91 Å². The topological polar surface area (TPSA) is 100 Å². The molecule has 0 aliphatic rings. The van der Waals surface area contributed by atoms with Gasteiger partial charge in [-0.3, -0.25) is 14.4 Å². The van der Waals surface area contributed by atoms with Crippen LogP contribution in [0.2, 0.25) is 0 Å². The molecule has 7 nitrogen and oxygen atoms in total. The monoisotopic (exact) mass is 419 g/mol. The zero-order chi connectivity index (χ0) is 22.2. The lowest BCUT2D eigenvalue weighted by Gasteiger charge is -2.11. The van der Waals surface area contributed by atoms with Crippen molar-refractivity contribution in [3.8, 4) is 0 Å². The van der Waals surface area contributed by atoms with Crippen LogP contribution in [0.1, 0.15) is 51.8 Å². The third kappa shape index (κ3) is 6.05. The molecule has 160 valence electrons. The Balaban J connectivity index is 1.59. The van der Waals surface area contributed by atoms with Crippen molar-refractivity contribution in [2.45, 2.75) is 33.2 Å². The van der Waals surface area contributed by atoms with Gasteiger partial charge in [-0.15, -0.1) is 0 Å². The summed E-state index contributed by atoms with van der Waals surface area (Å²) in [6, 6.07) is 15.7. The molecule has 31 heavy (non-hydrogen) atoms. The lowest BCUT2D eigenvalue weighted by atomic mass is 10.1. The predicted molar refractivity (Wildman–Crippen MR) is 119 cm³/mol. The fraction of sp³-hybridized carbons (Fsp3) is 0.208. The molecule has 3 aromatic rings. The van der Waals surface area contributed by atoms with Crippen LogP contribution in [0.15, 0.2) is 65.3 Å². The van der Waals surface area contributed by atoms with Gasteiger partial charge >= 0.3 is 0 Å². The van der Waals surface area contributed by atoms with Crippen LogP contribution in [-0.2, 0) is 11.3 Å². The van der Waals surface area contributed by atoms with E-state index in [2.05, 4.69) is 16.0 Å². The van der Waals surface area contributed by atoms with Crippen LogP contribution in [0.25, 0.3) is 0 Å². The number of rotatable bonds is 8. The molecule has 0 saturated carbocycles. The van der Waals surface area contributed by atoms with Crippen molar-refractivity contribution in [3.05, 3.63) is 83.3 Å². The van der Waals surface area contributed by atoms with E-state index in [4.69, 9.17) is 4.42 Å². The Morgan fingerprint density at radius 3 is 2.39 bits per heavy atom. The van der Waals surface area contributed by atoms with E-state index in [-0.39, 0.29) is 23.5 Å². The fourth-order valence-electron chi connectivity index (χ4n) is 2.93. The standard InChI is InChI=1S/C24H25N3O4/c1-3-5-22(28)26-19-11-8-17(9-12-19)15-25-23(29)18-10-7-16(2)20(14-18)27-24(30)21-6-4-13-31-21/h4,6-14H,3,5,15H2,1-2H3,(H,25,29)(H,26,28)(H,27,30). The van der Waals surface area contributed by atoms with Crippen LogP contribution in [-0.4, -0.2) is 17.7 Å². The Kier molecular flexibility index (Phi) is 7.22. The van der Waals surface area contributed by atoms with Gasteiger partial charge in [0, 0.05) is 29.9 Å². The summed E-state index contributed by atoms with van der Waals surface area (Å²) >= 11 is 0. The maximum Gasteiger partial charge on any atom is 0.291 e. The molecule has 3 rings (SSSR count). The first-order chi connectivity index (χ1) is 15.0. The number of amides is 3. The molecule has 0 unspecified atom stereocenters. The molecule has 7 heteroatoms. The zero-order valence-electron chi connectivity index (χ0n) is 17.5. The normalized spacial score (nSPS) is 10.4. The highest BCUT2D eigenvalue weighted by Crippen LogP contribution is 2.18. The number of anilines is 2. The van der Waals surface area contributed by atoms with E-state index in [9.17, 15) is 14.4 Å². The Bertz CT molecular complexity index is 1060. The van der Waals surface area contributed by atoms with Crippen molar-refractivity contribution >= 4 is 29.1 Å². The lowest BCUT2D eigenvalue weighted by molar-refractivity contribution is -0.116. The van der Waals surface area contributed by atoms with E-state index in [1.54, 1.807) is 30.3 Å². The van der Waals surface area contributed by atoms with Crippen molar-refractivity contribution in [3.63, 3.8) is 0 Å². The van der Waals surface area contributed by atoms with Crippen molar-refractivity contribution in [1.82, 2.24) is 5.32 Å². The number of furan rings is 1. The summed E-state index contributed by atoms with van der Waals surface area (Å²) in [5.41, 5.74) is 3.44. The minimum absolute atomic E-state index is 0.0159. The van der Waals surface area contributed by atoms with Crippen LogP contribution in [0.3, 0.4) is 0 Å². The highest BCUT2D eigenvalue weighted by molar-refractivity contribution is 6.04. The summed E-state index contributed by atoms with van der Waals surface area (Å²) in [4.78, 5) is 36.5. The van der Waals surface area contributed by atoms with Crippen LogP contribution >= 0.6 is 0 Å². The molecule has 0 aliphatic heterocycles. The van der Waals surface area contributed by atoms with Crippen molar-refractivity contribution < 1.29 is 18.8 Å². The summed E-state index contributed by atoms with van der Waals surface area (Å²) in [6.45, 7) is 4.14. The molecule has 0 aliphatic carbocycles. The Hall–Kier alpha value is -3.87. The maximum absolute atomic E-state index is 12.6. The van der Waals surface area contributed by atoms with Gasteiger partial charge in [0.25, 0.3) is 11.8 Å². The predicted octanol–water partition coefficient (Wildman–Crippen LogP) is 4.51. The summed E-state index contributed by atoms with van der Waals surface area (Å²) in [5, 5.41) is 8.46. The Morgan fingerprint density at radius 2 is 1.71 bits per heavy atom. The molecule has 1 heterocycles. The number of carbonyl (C=O) groups is 3. The Labute approximate surface area is 180 Å². The SMILES string of the molecule is CCCC(=O)Nc1ccc(CNC(=O)c2ccc(C)c(NC(=O)c3ccco3)c2)cc1. The summed E-state index contributed by atoms with van der Waals surface area (Å²) in [7, 11) is 0. The largest absolute Gasteiger partial charge is 0.459 e. The minimum Gasteiger partial charge on any atom is -0.459 e. The minimum atomic E-state index is -0.378. The van der Waals surface area contributed by atoms with E-state index in [1.165, 1.54) is 6.26 Å². The van der Waals surface area contributed by atoms with Crippen molar-refractivity contribution in [1.29, 1.82) is 0 Å². The van der Waals surface area contributed by atoms with E-state index < -0.39 is 0 Å². The van der Waals surface area contributed by atoms with Gasteiger partial charge in [0.1, 0.15) is 0 Å². The van der Waals surface area contributed by atoms with Gasteiger partial charge in [-0.25, -0.2) is 0 Å². The summed E-state index contributed by atoms with van der Waals surface area (Å²) < 4.78 is 5.10. The molecule has 1 aromatic heterocycles. The van der Waals surface area contributed by atoms with Gasteiger partial charge in [0.05, 0.1) is 6.26 Å². The smallest absolute Gasteiger partial charge is 0.291 e. The van der Waals surface area contributed by atoms with Gasteiger partial charge in [-0.2, -0.15) is 0 Å². The number of hydrogen-bond donors (Lipinski definition) is 3. The number of carbonyl (C=O) groups excluding carboxylic acids is 3. The van der Waals surface area contributed by atoms with Gasteiger partial charge in [0.15, 0.2) is 5.76 Å². The van der Waals surface area contributed by atoms with Gasteiger partial charge in [-0.1, -0.05) is 25.1 Å². The van der Waals surface area contributed by atoms with E-state index >= 15 is 0 Å². The van der Waals surface area contributed by atoms with Crippen molar-refractivity contribution in [2.24, 2.45) is 0 Å². The second-order valence-corrected chi connectivity index (χ2v) is 7.14. The second kappa shape index (κ2) is 10.2. The molecule has 0 saturated heterocycles. The number of aryl methyl sites for hydroxylation is 1. The molecule has 3 N–H and O–H groups in total. The first-order valence-corrected chi connectivity index (χ1v) is 10.1. The molecule has 0 bridgehead atoms. The molecule has 0 spiro atoms. The molecule has 2 aromatic carbocycles. The zero-order valence-corrected chi connectivity index (χ0v) is 17.5. The number of benzene rings is 2. The highest BCUT2D eigenvalue weighted by Gasteiger charge is 2.13. The molecular weight excluding hydrogens is 394 g/mol. The Morgan fingerprint density at radius 1 is 0.935 bits per heavy atom. The molecule has 0 fully saturated rings. The van der Waals surface area contributed by atoms with Gasteiger partial charge < -0.3 is 20.4 Å². The average molecular weight is 419 g/mol. The van der Waals surface area contributed by atoms with E-state index in [1.807, 2.05) is 38.1 Å². The molecule has 3 amide bonds. The highest BCUT2D eigenvalue weighted by atomic mass is 16.3. The molecular formula is C24H25N3O4. The summed E-state index contributed by atoms with van der Waals surface area (Å²) in [6.07, 6.45) is 2.71. The number of nitrogens with one attached hydrogen (secondary N) is 3. The lowest BCUT2D eigenvalue weighted by Crippen LogP contribution is -2.23. The van der Waals surface area contributed by atoms with Gasteiger partial charge in [-0.05, 0) is 60.9 Å².